The summed E-state index contributed by atoms with van der Waals surface area (Å²) in [6, 6.07) is 4.91. The summed E-state index contributed by atoms with van der Waals surface area (Å²) in [6.07, 6.45) is 5.67. The van der Waals surface area contributed by atoms with Crippen LogP contribution in [-0.2, 0) is 10.0 Å². The van der Waals surface area contributed by atoms with Gasteiger partial charge in [-0.05, 0) is 55.4 Å². The van der Waals surface area contributed by atoms with Crippen molar-refractivity contribution in [1.82, 2.24) is 4.72 Å². The number of nitrogens with two attached hydrogens (primary N) is 1. The van der Waals surface area contributed by atoms with E-state index in [-0.39, 0.29) is 5.41 Å². The molecule has 1 saturated carbocycles. The van der Waals surface area contributed by atoms with Gasteiger partial charge in [0.2, 0.25) is 10.0 Å². The topological polar surface area (TPSA) is 72.2 Å². The Bertz CT molecular complexity index is 576. The molecule has 0 amide bonds. The fourth-order valence-corrected chi connectivity index (χ4v) is 4.46. The summed E-state index contributed by atoms with van der Waals surface area (Å²) in [5.74, 6) is 0. The molecule has 112 valence electrons. The van der Waals surface area contributed by atoms with Gasteiger partial charge in [-0.3, -0.25) is 0 Å². The van der Waals surface area contributed by atoms with Crippen molar-refractivity contribution in [3.8, 4) is 0 Å². The molecular weight excluding hydrogens is 272 g/mol. The fourth-order valence-electron chi connectivity index (χ4n) is 3.08. The van der Waals surface area contributed by atoms with Crippen LogP contribution in [0.2, 0.25) is 0 Å². The largest absolute Gasteiger partial charge is 0.399 e. The Kier molecular flexibility index (Phi) is 4.39. The molecular formula is C15H24N2O2S. The molecule has 20 heavy (non-hydrogen) atoms. The van der Waals surface area contributed by atoms with Crippen molar-refractivity contribution in [2.45, 2.75) is 50.8 Å². The van der Waals surface area contributed by atoms with E-state index in [0.29, 0.717) is 22.7 Å². The minimum Gasteiger partial charge on any atom is -0.399 e. The smallest absolute Gasteiger partial charge is 0.240 e. The van der Waals surface area contributed by atoms with Crippen LogP contribution < -0.4 is 10.5 Å². The Morgan fingerprint density at radius 2 is 1.95 bits per heavy atom. The second-order valence-corrected chi connectivity index (χ2v) is 7.65. The van der Waals surface area contributed by atoms with Crippen molar-refractivity contribution in [3.05, 3.63) is 23.8 Å². The lowest BCUT2D eigenvalue weighted by Crippen LogP contribution is -2.35. The average molecular weight is 296 g/mol. The highest BCUT2D eigenvalue weighted by molar-refractivity contribution is 7.89. The van der Waals surface area contributed by atoms with Crippen LogP contribution in [0.25, 0.3) is 0 Å². The highest BCUT2D eigenvalue weighted by Crippen LogP contribution is 2.40. The number of benzene rings is 1. The minimum absolute atomic E-state index is 0.148. The SMILES string of the molecule is CCC1(CNS(=O)(=O)c2ccc(N)cc2C)CCCC1. The first kappa shape index (κ1) is 15.3. The molecule has 0 atom stereocenters. The van der Waals surface area contributed by atoms with E-state index in [9.17, 15) is 8.42 Å². The monoisotopic (exact) mass is 296 g/mol. The molecule has 5 heteroatoms. The molecule has 0 aliphatic heterocycles. The second kappa shape index (κ2) is 5.74. The van der Waals surface area contributed by atoms with Gasteiger partial charge in [0.1, 0.15) is 0 Å². The molecule has 1 aromatic carbocycles. The van der Waals surface area contributed by atoms with E-state index in [4.69, 9.17) is 5.73 Å². The maximum Gasteiger partial charge on any atom is 0.240 e. The molecule has 0 aromatic heterocycles. The summed E-state index contributed by atoms with van der Waals surface area (Å²) >= 11 is 0. The minimum atomic E-state index is -3.45. The molecule has 1 fully saturated rings. The molecule has 2 rings (SSSR count). The van der Waals surface area contributed by atoms with Crippen molar-refractivity contribution < 1.29 is 8.42 Å². The first-order valence-corrected chi connectivity index (χ1v) is 8.73. The number of anilines is 1. The Labute approximate surface area is 121 Å². The van der Waals surface area contributed by atoms with E-state index in [0.717, 1.165) is 19.3 Å². The van der Waals surface area contributed by atoms with Gasteiger partial charge in [0.25, 0.3) is 0 Å². The molecule has 0 saturated heterocycles. The van der Waals surface area contributed by atoms with E-state index in [1.807, 2.05) is 0 Å². The Hall–Kier alpha value is -1.07. The number of hydrogen-bond donors (Lipinski definition) is 2. The molecule has 1 aliphatic carbocycles. The standard InChI is InChI=1S/C15H24N2O2S/c1-3-15(8-4-5-9-15)11-17-20(18,19)14-7-6-13(16)10-12(14)2/h6-7,10,17H,3-5,8-9,11,16H2,1-2H3. The van der Waals surface area contributed by atoms with Crippen molar-refractivity contribution >= 4 is 15.7 Å². The van der Waals surface area contributed by atoms with Crippen molar-refractivity contribution in [1.29, 1.82) is 0 Å². The Balaban J connectivity index is 2.15. The first-order valence-electron chi connectivity index (χ1n) is 7.24. The molecule has 0 heterocycles. The zero-order valence-electron chi connectivity index (χ0n) is 12.3. The zero-order chi connectivity index (χ0) is 14.8. The summed E-state index contributed by atoms with van der Waals surface area (Å²) in [4.78, 5) is 0.330. The Morgan fingerprint density at radius 3 is 2.50 bits per heavy atom. The molecule has 1 aromatic rings. The van der Waals surface area contributed by atoms with E-state index < -0.39 is 10.0 Å². The van der Waals surface area contributed by atoms with Crippen LogP contribution in [-0.4, -0.2) is 15.0 Å². The molecule has 3 N–H and O–H groups in total. The fraction of sp³-hybridized carbons (Fsp3) is 0.600. The molecule has 4 nitrogen and oxygen atoms in total. The van der Waals surface area contributed by atoms with Gasteiger partial charge >= 0.3 is 0 Å². The summed E-state index contributed by atoms with van der Waals surface area (Å²) in [6.45, 7) is 4.46. The number of nitrogen functional groups attached to an aromatic ring is 1. The maximum absolute atomic E-state index is 12.4. The normalized spacial score (nSPS) is 18.3. The van der Waals surface area contributed by atoms with Crippen LogP contribution in [0.5, 0.6) is 0 Å². The first-order chi connectivity index (χ1) is 9.38. The number of hydrogen-bond acceptors (Lipinski definition) is 3. The summed E-state index contributed by atoms with van der Waals surface area (Å²) in [5, 5.41) is 0. The lowest BCUT2D eigenvalue weighted by atomic mass is 9.84. The zero-order valence-corrected chi connectivity index (χ0v) is 13.1. The van der Waals surface area contributed by atoms with Gasteiger partial charge in [0.05, 0.1) is 4.90 Å². The highest BCUT2D eigenvalue weighted by atomic mass is 32.2. The molecule has 0 radical (unpaired) electrons. The van der Waals surface area contributed by atoms with Gasteiger partial charge in [-0.2, -0.15) is 0 Å². The van der Waals surface area contributed by atoms with Crippen molar-refractivity contribution in [2.75, 3.05) is 12.3 Å². The highest BCUT2D eigenvalue weighted by Gasteiger charge is 2.33. The van der Waals surface area contributed by atoms with E-state index >= 15 is 0 Å². The van der Waals surface area contributed by atoms with Crippen LogP contribution in [0.3, 0.4) is 0 Å². The number of sulfonamides is 1. The second-order valence-electron chi connectivity index (χ2n) is 5.91. The summed E-state index contributed by atoms with van der Waals surface area (Å²) < 4.78 is 27.7. The van der Waals surface area contributed by atoms with Crippen LogP contribution in [0.1, 0.15) is 44.6 Å². The summed E-state index contributed by atoms with van der Waals surface area (Å²) in [7, 11) is -3.45. The van der Waals surface area contributed by atoms with Crippen LogP contribution >= 0.6 is 0 Å². The van der Waals surface area contributed by atoms with Crippen LogP contribution in [0.15, 0.2) is 23.1 Å². The van der Waals surface area contributed by atoms with Gasteiger partial charge in [0.15, 0.2) is 0 Å². The molecule has 0 bridgehead atoms. The Morgan fingerprint density at radius 1 is 1.30 bits per heavy atom. The average Bonchev–Trinajstić information content (AvgIpc) is 2.85. The molecule has 0 spiro atoms. The van der Waals surface area contributed by atoms with Crippen LogP contribution in [0.4, 0.5) is 5.69 Å². The lowest BCUT2D eigenvalue weighted by molar-refractivity contribution is 0.285. The maximum atomic E-state index is 12.4. The summed E-state index contributed by atoms with van der Waals surface area (Å²) in [5.41, 5.74) is 7.09. The molecule has 0 unspecified atom stereocenters. The van der Waals surface area contributed by atoms with Crippen LogP contribution in [0, 0.1) is 12.3 Å². The van der Waals surface area contributed by atoms with E-state index in [2.05, 4.69) is 11.6 Å². The van der Waals surface area contributed by atoms with E-state index in [1.165, 1.54) is 12.8 Å². The predicted molar refractivity (Wildman–Crippen MR) is 82.0 cm³/mol. The third-order valence-electron chi connectivity index (χ3n) is 4.54. The van der Waals surface area contributed by atoms with Gasteiger partial charge in [0, 0.05) is 12.2 Å². The predicted octanol–water partition coefficient (Wildman–Crippen LogP) is 2.83. The number of nitrogens with one attached hydrogen (secondary N) is 1. The van der Waals surface area contributed by atoms with Crippen molar-refractivity contribution in [3.63, 3.8) is 0 Å². The van der Waals surface area contributed by atoms with Crippen molar-refractivity contribution in [2.24, 2.45) is 5.41 Å². The van der Waals surface area contributed by atoms with Gasteiger partial charge in [-0.25, -0.2) is 13.1 Å². The van der Waals surface area contributed by atoms with Gasteiger partial charge in [-0.1, -0.05) is 19.8 Å². The van der Waals surface area contributed by atoms with Gasteiger partial charge in [-0.15, -0.1) is 0 Å². The molecule has 1 aliphatic rings. The number of aryl methyl sites for hydroxylation is 1. The lowest BCUT2D eigenvalue weighted by Gasteiger charge is -2.27. The third-order valence-corrected chi connectivity index (χ3v) is 6.10. The quantitative estimate of drug-likeness (QED) is 0.821. The van der Waals surface area contributed by atoms with E-state index in [1.54, 1.807) is 25.1 Å². The number of rotatable bonds is 5. The van der Waals surface area contributed by atoms with Gasteiger partial charge < -0.3 is 5.73 Å². The third kappa shape index (κ3) is 3.15.